The molecule has 0 aliphatic rings. The highest BCUT2D eigenvalue weighted by Crippen LogP contribution is 2.34. The third-order valence-corrected chi connectivity index (χ3v) is 2.47. The van der Waals surface area contributed by atoms with Crippen molar-refractivity contribution in [3.05, 3.63) is 41.6 Å². The van der Waals surface area contributed by atoms with Crippen LogP contribution in [0.15, 0.2) is 36.0 Å². The van der Waals surface area contributed by atoms with Gasteiger partial charge in [-0.25, -0.2) is 4.79 Å². The van der Waals surface area contributed by atoms with Crippen molar-refractivity contribution in [2.45, 2.75) is 6.18 Å². The first-order valence-electron chi connectivity index (χ1n) is 6.09. The maximum atomic E-state index is 12.8. The number of nitrogens with zero attached hydrogens (tertiary/aromatic N) is 1. The Hall–Kier alpha value is -2.53. The smallest absolute Gasteiger partial charge is 0.418 e. The summed E-state index contributed by atoms with van der Waals surface area (Å²) in [6.07, 6.45) is -3.68. The molecule has 0 aliphatic heterocycles. The summed E-state index contributed by atoms with van der Waals surface area (Å²) in [5, 5.41) is 11.2. The largest absolute Gasteiger partial charge is 0.459 e. The fraction of sp³-hybridized carbons (Fsp3) is 0.286. The number of esters is 1. The van der Waals surface area contributed by atoms with Gasteiger partial charge in [0.25, 0.3) is 0 Å². The third-order valence-electron chi connectivity index (χ3n) is 2.47. The second-order valence-corrected chi connectivity index (χ2v) is 3.99. The molecule has 0 saturated carbocycles. The van der Waals surface area contributed by atoms with Crippen LogP contribution in [0.4, 0.5) is 18.9 Å². The van der Waals surface area contributed by atoms with Crippen LogP contribution in [-0.4, -0.2) is 26.3 Å². The van der Waals surface area contributed by atoms with Gasteiger partial charge in [0.2, 0.25) is 0 Å². The van der Waals surface area contributed by atoms with Gasteiger partial charge in [-0.05, 0) is 12.1 Å². The van der Waals surface area contributed by atoms with E-state index in [1.165, 1.54) is 25.3 Å². The number of nitriles is 1. The highest BCUT2D eigenvalue weighted by atomic mass is 19.4. The van der Waals surface area contributed by atoms with Crippen molar-refractivity contribution in [2.75, 3.05) is 25.6 Å². The topological polar surface area (TPSA) is 71.3 Å². The first kappa shape index (κ1) is 17.5. The molecule has 0 radical (unpaired) electrons. The van der Waals surface area contributed by atoms with Gasteiger partial charge in [-0.3, -0.25) is 0 Å². The molecule has 22 heavy (non-hydrogen) atoms. The van der Waals surface area contributed by atoms with E-state index in [9.17, 15) is 18.0 Å². The number of anilines is 1. The number of halogens is 3. The number of methoxy groups -OCH3 is 1. The summed E-state index contributed by atoms with van der Waals surface area (Å²) in [4.78, 5) is 11.5. The van der Waals surface area contributed by atoms with Gasteiger partial charge >= 0.3 is 12.1 Å². The molecule has 8 heteroatoms. The molecule has 0 saturated heterocycles. The molecule has 0 spiro atoms. The Balaban J connectivity index is 2.86. The monoisotopic (exact) mass is 314 g/mol. The van der Waals surface area contributed by atoms with E-state index in [2.05, 4.69) is 10.1 Å². The minimum atomic E-state index is -4.55. The number of rotatable bonds is 6. The van der Waals surface area contributed by atoms with Crippen LogP contribution in [0.25, 0.3) is 0 Å². The lowest BCUT2D eigenvalue weighted by Crippen LogP contribution is -2.13. The van der Waals surface area contributed by atoms with E-state index in [4.69, 9.17) is 10.00 Å². The van der Waals surface area contributed by atoms with Crippen LogP contribution in [0.3, 0.4) is 0 Å². The molecule has 0 amide bonds. The fourth-order valence-corrected chi connectivity index (χ4v) is 1.44. The molecular weight excluding hydrogens is 301 g/mol. The number of hydrogen-bond donors (Lipinski definition) is 1. The van der Waals surface area contributed by atoms with Crippen LogP contribution in [-0.2, 0) is 20.4 Å². The molecule has 0 bridgehead atoms. The Morgan fingerprint density at radius 3 is 2.64 bits per heavy atom. The average molecular weight is 314 g/mol. The van der Waals surface area contributed by atoms with Gasteiger partial charge in [-0.15, -0.1) is 0 Å². The number of hydrogen-bond acceptors (Lipinski definition) is 5. The standard InChI is InChI=1S/C14H13F3N2O3/c1-21-6-7-22-13(20)10(8-18)9-19-12-5-3-2-4-11(12)14(15,16)17/h2-5,9,19H,6-7H2,1H3/b10-9+. The zero-order valence-electron chi connectivity index (χ0n) is 11.6. The zero-order chi connectivity index (χ0) is 16.6. The Morgan fingerprint density at radius 2 is 2.05 bits per heavy atom. The zero-order valence-corrected chi connectivity index (χ0v) is 11.6. The first-order chi connectivity index (χ1) is 10.4. The number of alkyl halides is 3. The maximum absolute atomic E-state index is 12.8. The number of benzene rings is 1. The summed E-state index contributed by atoms with van der Waals surface area (Å²) in [6.45, 7) is 0.0856. The lowest BCUT2D eigenvalue weighted by Gasteiger charge is -2.12. The molecule has 118 valence electrons. The summed E-state index contributed by atoms with van der Waals surface area (Å²) in [7, 11) is 1.41. The van der Waals surface area contributed by atoms with Crippen molar-refractivity contribution in [3.8, 4) is 6.07 Å². The second kappa shape index (κ2) is 8.05. The quantitative estimate of drug-likeness (QED) is 0.378. The van der Waals surface area contributed by atoms with E-state index in [1.54, 1.807) is 6.07 Å². The molecule has 1 aromatic carbocycles. The van der Waals surface area contributed by atoms with Gasteiger partial charge in [0.1, 0.15) is 12.7 Å². The number of carbonyl (C=O) groups is 1. The molecule has 1 aromatic rings. The summed E-state index contributed by atoms with van der Waals surface area (Å²) >= 11 is 0. The fourth-order valence-electron chi connectivity index (χ4n) is 1.44. The van der Waals surface area contributed by atoms with Gasteiger partial charge in [0.15, 0.2) is 5.57 Å². The Bertz CT molecular complexity index is 592. The minimum absolute atomic E-state index is 0.0620. The maximum Gasteiger partial charge on any atom is 0.418 e. The number of ether oxygens (including phenoxy) is 2. The molecule has 5 nitrogen and oxygen atoms in total. The van der Waals surface area contributed by atoms with E-state index in [1.807, 2.05) is 0 Å². The molecule has 0 aromatic heterocycles. The van der Waals surface area contributed by atoms with Gasteiger partial charge in [-0.2, -0.15) is 18.4 Å². The molecular formula is C14H13F3N2O3. The summed E-state index contributed by atoms with van der Waals surface area (Å²) in [6, 6.07) is 6.27. The van der Waals surface area contributed by atoms with Crippen molar-refractivity contribution in [1.29, 1.82) is 5.26 Å². The molecule has 0 atom stereocenters. The predicted octanol–water partition coefficient (Wildman–Crippen LogP) is 2.71. The number of para-hydroxylation sites is 1. The Labute approximate surface area is 124 Å². The van der Waals surface area contributed by atoms with Crippen molar-refractivity contribution < 1.29 is 27.4 Å². The summed E-state index contributed by atoms with van der Waals surface area (Å²) in [5.74, 6) is -0.948. The second-order valence-electron chi connectivity index (χ2n) is 3.99. The van der Waals surface area contributed by atoms with Crippen molar-refractivity contribution in [2.24, 2.45) is 0 Å². The lowest BCUT2D eigenvalue weighted by atomic mass is 10.1. The molecule has 0 fully saturated rings. The van der Waals surface area contributed by atoms with E-state index in [0.29, 0.717) is 0 Å². The minimum Gasteiger partial charge on any atom is -0.459 e. The number of nitrogens with one attached hydrogen (secondary N) is 1. The van der Waals surface area contributed by atoms with Gasteiger partial charge in [-0.1, -0.05) is 12.1 Å². The summed E-state index contributed by atoms with van der Waals surface area (Å²) < 4.78 is 47.7. The van der Waals surface area contributed by atoms with E-state index in [-0.39, 0.29) is 18.9 Å². The van der Waals surface area contributed by atoms with Crippen LogP contribution in [0.1, 0.15) is 5.56 Å². The van der Waals surface area contributed by atoms with Gasteiger partial charge in [0.05, 0.1) is 17.9 Å². The van der Waals surface area contributed by atoms with Crippen molar-refractivity contribution in [3.63, 3.8) is 0 Å². The molecule has 0 heterocycles. The van der Waals surface area contributed by atoms with Crippen LogP contribution in [0.2, 0.25) is 0 Å². The highest BCUT2D eigenvalue weighted by Gasteiger charge is 2.33. The van der Waals surface area contributed by atoms with Crippen LogP contribution in [0.5, 0.6) is 0 Å². The van der Waals surface area contributed by atoms with Gasteiger partial charge in [0, 0.05) is 13.3 Å². The molecule has 1 N–H and O–H groups in total. The molecule has 0 unspecified atom stereocenters. The predicted molar refractivity (Wildman–Crippen MR) is 71.6 cm³/mol. The number of carbonyl (C=O) groups excluding carboxylic acids is 1. The third kappa shape index (κ3) is 5.10. The Kier molecular flexibility index (Phi) is 6.41. The lowest BCUT2D eigenvalue weighted by molar-refractivity contribution is -0.139. The van der Waals surface area contributed by atoms with Gasteiger partial charge < -0.3 is 14.8 Å². The summed E-state index contributed by atoms with van der Waals surface area (Å²) in [5.41, 5.74) is -1.63. The van der Waals surface area contributed by atoms with Crippen LogP contribution in [0, 0.1) is 11.3 Å². The van der Waals surface area contributed by atoms with Crippen molar-refractivity contribution >= 4 is 11.7 Å². The normalized spacial score (nSPS) is 11.7. The first-order valence-corrected chi connectivity index (χ1v) is 6.09. The van der Waals surface area contributed by atoms with E-state index >= 15 is 0 Å². The average Bonchev–Trinajstić information content (AvgIpc) is 2.47. The van der Waals surface area contributed by atoms with E-state index < -0.39 is 23.3 Å². The van der Waals surface area contributed by atoms with Crippen LogP contribution < -0.4 is 5.32 Å². The molecule has 1 rings (SSSR count). The van der Waals surface area contributed by atoms with Crippen molar-refractivity contribution in [1.82, 2.24) is 0 Å². The highest BCUT2D eigenvalue weighted by molar-refractivity contribution is 5.93. The molecule has 0 aliphatic carbocycles. The van der Waals surface area contributed by atoms with E-state index in [0.717, 1.165) is 12.3 Å². The van der Waals surface area contributed by atoms with Crippen LogP contribution >= 0.6 is 0 Å². The Morgan fingerprint density at radius 1 is 1.36 bits per heavy atom. The SMILES string of the molecule is COCCOC(=O)/C(C#N)=C/Nc1ccccc1C(F)(F)F.